The first-order valence-corrected chi connectivity index (χ1v) is 10.6. The van der Waals surface area contributed by atoms with E-state index in [1.165, 1.54) is 30.3 Å². The van der Waals surface area contributed by atoms with Crippen molar-refractivity contribution in [1.29, 1.82) is 0 Å². The third-order valence-corrected chi connectivity index (χ3v) is 5.23. The smallest absolute Gasteiger partial charge is 0.417 e. The molecule has 0 fully saturated rings. The fraction of sp³-hybridized carbons (Fsp3) is 0.250. The standard InChI is InChI=1S/C20H17F3O6S/c1-30(25,26)15-6-3-13(4-7-15)27-9-2-10-28-14-5-8-16-17(20(21,22)23)12-19(24)29-18(16)11-14/h3-8,11-12H,2,9-10H2,1H3. The SMILES string of the molecule is CS(=O)(=O)c1ccc(OCCCOc2ccc3c(C(F)(F)F)cc(=O)oc3c2)cc1. The van der Waals surface area contributed by atoms with Gasteiger partial charge < -0.3 is 13.9 Å². The predicted molar refractivity (Wildman–Crippen MR) is 103 cm³/mol. The first-order valence-electron chi connectivity index (χ1n) is 8.75. The molecule has 0 aliphatic heterocycles. The summed E-state index contributed by atoms with van der Waals surface area (Å²) >= 11 is 0. The lowest BCUT2D eigenvalue weighted by Gasteiger charge is -2.11. The number of rotatable bonds is 7. The van der Waals surface area contributed by atoms with E-state index in [2.05, 4.69) is 0 Å². The van der Waals surface area contributed by atoms with E-state index in [0.717, 1.165) is 6.26 Å². The summed E-state index contributed by atoms with van der Waals surface area (Å²) in [5.74, 6) is 0.747. The van der Waals surface area contributed by atoms with Crippen molar-refractivity contribution in [3.05, 3.63) is 64.5 Å². The maximum absolute atomic E-state index is 13.1. The van der Waals surface area contributed by atoms with Crippen molar-refractivity contribution in [2.24, 2.45) is 0 Å². The third-order valence-electron chi connectivity index (χ3n) is 4.10. The Morgan fingerprint density at radius 1 is 0.933 bits per heavy atom. The van der Waals surface area contributed by atoms with E-state index >= 15 is 0 Å². The predicted octanol–water partition coefficient (Wildman–Crippen LogP) is 4.06. The summed E-state index contributed by atoms with van der Waals surface area (Å²) in [5, 5.41) is -0.227. The van der Waals surface area contributed by atoms with Crippen LogP contribution in [0, 0.1) is 0 Å². The summed E-state index contributed by atoms with van der Waals surface area (Å²) < 4.78 is 77.8. The number of halogens is 3. The molecule has 1 heterocycles. The van der Waals surface area contributed by atoms with Gasteiger partial charge in [-0.05, 0) is 36.4 Å². The van der Waals surface area contributed by atoms with Gasteiger partial charge in [-0.2, -0.15) is 13.2 Å². The number of hydrogen-bond donors (Lipinski definition) is 0. The summed E-state index contributed by atoms with van der Waals surface area (Å²) in [6.45, 7) is 0.481. The molecule has 0 radical (unpaired) electrons. The molecule has 10 heteroatoms. The number of alkyl halides is 3. The molecule has 0 saturated heterocycles. The Labute approximate surface area is 169 Å². The van der Waals surface area contributed by atoms with Gasteiger partial charge in [0.25, 0.3) is 0 Å². The van der Waals surface area contributed by atoms with Gasteiger partial charge in [-0.1, -0.05) is 0 Å². The van der Waals surface area contributed by atoms with Gasteiger partial charge in [0.15, 0.2) is 9.84 Å². The van der Waals surface area contributed by atoms with Gasteiger partial charge in [0.05, 0.1) is 23.7 Å². The second-order valence-electron chi connectivity index (χ2n) is 6.43. The van der Waals surface area contributed by atoms with Crippen LogP contribution in [-0.4, -0.2) is 27.9 Å². The molecule has 2 aromatic carbocycles. The fourth-order valence-corrected chi connectivity index (χ4v) is 3.32. The van der Waals surface area contributed by atoms with E-state index < -0.39 is 27.2 Å². The van der Waals surface area contributed by atoms with Crippen molar-refractivity contribution in [1.82, 2.24) is 0 Å². The average molecular weight is 442 g/mol. The Bertz CT molecular complexity index is 1200. The molecule has 0 aliphatic carbocycles. The van der Waals surface area contributed by atoms with Crippen LogP contribution in [0.5, 0.6) is 11.5 Å². The molecule has 0 spiro atoms. The van der Waals surface area contributed by atoms with E-state index in [1.54, 1.807) is 12.1 Å². The Kier molecular flexibility index (Phi) is 6.06. The molecule has 0 N–H and O–H groups in total. The number of benzene rings is 2. The van der Waals surface area contributed by atoms with Crippen LogP contribution in [0.3, 0.4) is 0 Å². The Morgan fingerprint density at radius 2 is 1.53 bits per heavy atom. The summed E-state index contributed by atoms with van der Waals surface area (Å²) in [6, 6.07) is 10.2. The minimum atomic E-state index is -4.67. The number of sulfone groups is 1. The van der Waals surface area contributed by atoms with Crippen molar-refractivity contribution in [2.45, 2.75) is 17.5 Å². The summed E-state index contributed by atoms with van der Waals surface area (Å²) in [7, 11) is -3.27. The molecule has 6 nitrogen and oxygen atoms in total. The zero-order chi connectivity index (χ0) is 21.9. The zero-order valence-corrected chi connectivity index (χ0v) is 16.5. The molecule has 0 aliphatic rings. The number of ether oxygens (including phenoxy) is 2. The van der Waals surface area contributed by atoms with Gasteiger partial charge >= 0.3 is 11.8 Å². The molecule has 0 unspecified atom stereocenters. The lowest BCUT2D eigenvalue weighted by atomic mass is 10.1. The third kappa shape index (κ3) is 5.32. The highest BCUT2D eigenvalue weighted by molar-refractivity contribution is 7.90. The van der Waals surface area contributed by atoms with Crippen molar-refractivity contribution < 1.29 is 35.5 Å². The van der Waals surface area contributed by atoms with E-state index in [1.807, 2.05) is 0 Å². The first-order chi connectivity index (χ1) is 14.0. The van der Waals surface area contributed by atoms with Crippen LogP contribution in [-0.2, 0) is 16.0 Å². The van der Waals surface area contributed by atoms with Gasteiger partial charge in [0, 0.05) is 30.2 Å². The molecule has 0 saturated carbocycles. The normalized spacial score (nSPS) is 12.1. The topological polar surface area (TPSA) is 82.8 Å². The van der Waals surface area contributed by atoms with Crippen molar-refractivity contribution in [3.8, 4) is 11.5 Å². The molecular weight excluding hydrogens is 425 g/mol. The molecule has 0 amide bonds. The molecule has 0 atom stereocenters. The van der Waals surface area contributed by atoms with Crippen molar-refractivity contribution in [2.75, 3.05) is 19.5 Å². The van der Waals surface area contributed by atoms with Crippen LogP contribution < -0.4 is 15.1 Å². The highest BCUT2D eigenvalue weighted by atomic mass is 32.2. The lowest BCUT2D eigenvalue weighted by molar-refractivity contribution is -0.136. The van der Waals surface area contributed by atoms with Crippen LogP contribution >= 0.6 is 0 Å². The second kappa shape index (κ2) is 8.39. The lowest BCUT2D eigenvalue weighted by Crippen LogP contribution is -2.11. The van der Waals surface area contributed by atoms with Gasteiger partial charge in [-0.15, -0.1) is 0 Å². The second-order valence-corrected chi connectivity index (χ2v) is 8.44. The average Bonchev–Trinajstić information content (AvgIpc) is 2.65. The number of hydrogen-bond acceptors (Lipinski definition) is 6. The maximum Gasteiger partial charge on any atom is 0.417 e. The molecule has 0 bridgehead atoms. The van der Waals surface area contributed by atoms with Crippen molar-refractivity contribution in [3.63, 3.8) is 0 Å². The Morgan fingerprint density at radius 3 is 2.13 bits per heavy atom. The Balaban J connectivity index is 1.57. The van der Waals surface area contributed by atoms with E-state index in [9.17, 15) is 26.4 Å². The van der Waals surface area contributed by atoms with Crippen LogP contribution in [0.15, 0.2) is 62.6 Å². The molecule has 1 aromatic heterocycles. The van der Waals surface area contributed by atoms with Crippen LogP contribution in [0.4, 0.5) is 13.2 Å². The largest absolute Gasteiger partial charge is 0.493 e. The van der Waals surface area contributed by atoms with Crippen LogP contribution in [0.25, 0.3) is 11.0 Å². The van der Waals surface area contributed by atoms with E-state index in [0.29, 0.717) is 18.2 Å². The van der Waals surface area contributed by atoms with Gasteiger partial charge in [0.2, 0.25) is 0 Å². The first kappa shape index (κ1) is 21.7. The summed E-state index contributed by atoms with van der Waals surface area (Å²) in [5.41, 5.74) is -2.37. The highest BCUT2D eigenvalue weighted by Crippen LogP contribution is 2.34. The minimum absolute atomic E-state index is 0.190. The van der Waals surface area contributed by atoms with Gasteiger partial charge in [0.1, 0.15) is 17.1 Å². The monoisotopic (exact) mass is 442 g/mol. The maximum atomic E-state index is 13.1. The highest BCUT2D eigenvalue weighted by Gasteiger charge is 2.33. The van der Waals surface area contributed by atoms with Gasteiger partial charge in [-0.3, -0.25) is 0 Å². The summed E-state index contributed by atoms with van der Waals surface area (Å²) in [6.07, 6.45) is -3.10. The molecule has 30 heavy (non-hydrogen) atoms. The minimum Gasteiger partial charge on any atom is -0.493 e. The molecular formula is C20H17F3O6S. The van der Waals surface area contributed by atoms with Crippen molar-refractivity contribution >= 4 is 20.8 Å². The van der Waals surface area contributed by atoms with E-state index in [4.69, 9.17) is 13.9 Å². The Hall–Kier alpha value is -3.01. The zero-order valence-electron chi connectivity index (χ0n) is 15.7. The van der Waals surface area contributed by atoms with Crippen LogP contribution in [0.1, 0.15) is 12.0 Å². The van der Waals surface area contributed by atoms with Gasteiger partial charge in [-0.25, -0.2) is 13.2 Å². The molecule has 3 rings (SSSR count). The number of fused-ring (bicyclic) bond motifs is 1. The quantitative estimate of drug-likeness (QED) is 0.405. The molecule has 160 valence electrons. The molecule has 3 aromatic rings. The fourth-order valence-electron chi connectivity index (χ4n) is 2.69. The summed E-state index contributed by atoms with van der Waals surface area (Å²) in [4.78, 5) is 11.6. The van der Waals surface area contributed by atoms with E-state index in [-0.39, 0.29) is 34.8 Å². The van der Waals surface area contributed by atoms with Crippen LogP contribution in [0.2, 0.25) is 0 Å².